The van der Waals surface area contributed by atoms with Gasteiger partial charge in [0.15, 0.2) is 5.96 Å². The molecule has 0 amide bonds. The van der Waals surface area contributed by atoms with Crippen LogP contribution in [0.4, 0.5) is 0 Å². The van der Waals surface area contributed by atoms with Gasteiger partial charge in [0.05, 0.1) is 25.4 Å². The number of guanidine groups is 1. The molecule has 0 bridgehead atoms. The summed E-state index contributed by atoms with van der Waals surface area (Å²) >= 11 is 0. The summed E-state index contributed by atoms with van der Waals surface area (Å²) in [6.07, 6.45) is 1.80. The number of benzene rings is 1. The summed E-state index contributed by atoms with van der Waals surface area (Å²) < 4.78 is 7.27. The molecule has 2 N–H and O–H groups in total. The Balaban J connectivity index is 2.15. The smallest absolute Gasteiger partial charge is 0.191 e. The average Bonchev–Trinajstić information content (AvgIpc) is 3.13. The fourth-order valence-electron chi connectivity index (χ4n) is 3.22. The maximum Gasteiger partial charge on any atom is 0.191 e. The fraction of sp³-hybridized carbons (Fsp3) is 0.524. The van der Waals surface area contributed by atoms with E-state index in [1.807, 2.05) is 29.9 Å². The molecule has 0 aliphatic rings. The zero-order valence-corrected chi connectivity index (χ0v) is 17.8. The van der Waals surface area contributed by atoms with Crippen LogP contribution in [0.15, 0.2) is 41.5 Å². The molecule has 1 unspecified atom stereocenters. The van der Waals surface area contributed by atoms with Gasteiger partial charge in [0, 0.05) is 26.3 Å². The van der Waals surface area contributed by atoms with Gasteiger partial charge in [0.1, 0.15) is 5.75 Å². The molecule has 7 nitrogen and oxygen atoms in total. The predicted octanol–water partition coefficient (Wildman–Crippen LogP) is 2.57. The lowest BCUT2D eigenvalue weighted by atomic mass is 10.0. The van der Waals surface area contributed by atoms with Crippen molar-refractivity contribution in [2.45, 2.75) is 33.4 Å². The molecule has 0 aliphatic carbocycles. The number of ether oxygens (including phenoxy) is 1. The molecule has 0 radical (unpaired) electrons. The van der Waals surface area contributed by atoms with E-state index in [4.69, 9.17) is 9.73 Å². The van der Waals surface area contributed by atoms with E-state index < -0.39 is 0 Å². The van der Waals surface area contributed by atoms with E-state index in [2.05, 4.69) is 53.5 Å². The van der Waals surface area contributed by atoms with Crippen LogP contribution < -0.4 is 15.4 Å². The lowest BCUT2D eigenvalue weighted by Crippen LogP contribution is -2.43. The third-order valence-electron chi connectivity index (χ3n) is 4.86. The van der Waals surface area contributed by atoms with E-state index in [1.54, 1.807) is 13.3 Å². The first-order valence-corrected chi connectivity index (χ1v) is 9.99. The van der Waals surface area contributed by atoms with Crippen molar-refractivity contribution >= 4 is 5.96 Å². The van der Waals surface area contributed by atoms with Gasteiger partial charge in [0.25, 0.3) is 0 Å². The van der Waals surface area contributed by atoms with Gasteiger partial charge in [-0.15, -0.1) is 0 Å². The zero-order chi connectivity index (χ0) is 20.4. The molecule has 2 aromatic rings. The van der Waals surface area contributed by atoms with Crippen LogP contribution in [0.25, 0.3) is 0 Å². The highest BCUT2D eigenvalue weighted by Gasteiger charge is 2.19. The van der Waals surface area contributed by atoms with E-state index in [1.165, 1.54) is 5.56 Å². The number of aliphatic imine (C=N–C) groups is 1. The van der Waals surface area contributed by atoms with Crippen LogP contribution in [-0.4, -0.2) is 53.9 Å². The van der Waals surface area contributed by atoms with E-state index in [-0.39, 0.29) is 6.04 Å². The zero-order valence-electron chi connectivity index (χ0n) is 17.8. The van der Waals surface area contributed by atoms with Crippen molar-refractivity contribution in [1.29, 1.82) is 0 Å². The Morgan fingerprint density at radius 2 is 2.00 bits per heavy atom. The van der Waals surface area contributed by atoms with Crippen molar-refractivity contribution in [1.82, 2.24) is 25.3 Å². The molecule has 1 aromatic heterocycles. The summed E-state index contributed by atoms with van der Waals surface area (Å²) in [6, 6.07) is 10.5. The topological polar surface area (TPSA) is 66.7 Å². The maximum absolute atomic E-state index is 5.42. The largest absolute Gasteiger partial charge is 0.497 e. The van der Waals surface area contributed by atoms with E-state index in [0.717, 1.165) is 43.6 Å². The first-order valence-electron chi connectivity index (χ1n) is 9.99. The minimum absolute atomic E-state index is 0.227. The summed E-state index contributed by atoms with van der Waals surface area (Å²) in [5.74, 6) is 1.69. The van der Waals surface area contributed by atoms with Crippen LogP contribution >= 0.6 is 0 Å². The molecule has 0 spiro atoms. The van der Waals surface area contributed by atoms with Gasteiger partial charge < -0.3 is 15.4 Å². The number of nitrogens with one attached hydrogen (secondary N) is 2. The van der Waals surface area contributed by atoms with Crippen LogP contribution in [0.3, 0.4) is 0 Å². The number of aromatic nitrogens is 2. The van der Waals surface area contributed by atoms with E-state index >= 15 is 0 Å². The quantitative estimate of drug-likeness (QED) is 0.485. The second kappa shape index (κ2) is 11.3. The molecular weight excluding hydrogens is 352 g/mol. The Morgan fingerprint density at radius 3 is 2.61 bits per heavy atom. The molecule has 1 heterocycles. The number of rotatable bonds is 10. The molecule has 0 saturated carbocycles. The minimum atomic E-state index is 0.227. The molecule has 0 fully saturated rings. The standard InChI is InChI=1S/C21H34N6O/c1-6-22-21(23-15-18-12-13-25-26(18)4)24-16-20(27(7-2)8-3)17-10-9-11-19(14-17)28-5/h9-14,20H,6-8,15-16H2,1-5H3,(H2,22,23,24). The molecule has 1 aromatic carbocycles. The Labute approximate surface area is 168 Å². The van der Waals surface area contributed by atoms with Crippen molar-refractivity contribution in [2.75, 3.05) is 33.3 Å². The van der Waals surface area contributed by atoms with Crippen molar-refractivity contribution in [3.05, 3.63) is 47.8 Å². The monoisotopic (exact) mass is 386 g/mol. The van der Waals surface area contributed by atoms with Crippen LogP contribution in [0.2, 0.25) is 0 Å². The van der Waals surface area contributed by atoms with E-state index in [9.17, 15) is 0 Å². The number of hydrogen-bond donors (Lipinski definition) is 2. The highest BCUT2D eigenvalue weighted by atomic mass is 16.5. The van der Waals surface area contributed by atoms with Crippen LogP contribution in [0, 0.1) is 0 Å². The number of likely N-dealkylation sites (N-methyl/N-ethyl adjacent to an activating group) is 1. The number of aryl methyl sites for hydroxylation is 1. The second-order valence-electron chi connectivity index (χ2n) is 6.54. The average molecular weight is 387 g/mol. The SMILES string of the molecule is CCNC(=NCc1ccnn1C)NCC(c1cccc(OC)c1)N(CC)CC. The highest BCUT2D eigenvalue weighted by Crippen LogP contribution is 2.23. The molecule has 7 heteroatoms. The van der Waals surface area contributed by atoms with Gasteiger partial charge >= 0.3 is 0 Å². The lowest BCUT2D eigenvalue weighted by Gasteiger charge is -2.31. The Morgan fingerprint density at radius 1 is 1.21 bits per heavy atom. The van der Waals surface area contributed by atoms with Crippen molar-refractivity contribution < 1.29 is 4.74 Å². The Hall–Kier alpha value is -2.54. The van der Waals surface area contributed by atoms with Crippen molar-refractivity contribution in [3.8, 4) is 5.75 Å². The van der Waals surface area contributed by atoms with Gasteiger partial charge in [-0.3, -0.25) is 9.58 Å². The van der Waals surface area contributed by atoms with Crippen molar-refractivity contribution in [2.24, 2.45) is 12.0 Å². The van der Waals surface area contributed by atoms with Gasteiger partial charge in [-0.05, 0) is 43.8 Å². The van der Waals surface area contributed by atoms with Crippen LogP contribution in [0.1, 0.15) is 38.1 Å². The first kappa shape index (κ1) is 21.8. The molecule has 28 heavy (non-hydrogen) atoms. The molecular formula is C21H34N6O. The molecule has 2 rings (SSSR count). The summed E-state index contributed by atoms with van der Waals surface area (Å²) in [5, 5.41) is 11.1. The first-order chi connectivity index (χ1) is 13.6. The number of hydrogen-bond acceptors (Lipinski definition) is 4. The predicted molar refractivity (Wildman–Crippen MR) is 115 cm³/mol. The summed E-state index contributed by atoms with van der Waals surface area (Å²) in [5.41, 5.74) is 2.31. The van der Waals surface area contributed by atoms with Crippen LogP contribution in [0.5, 0.6) is 5.75 Å². The fourth-order valence-corrected chi connectivity index (χ4v) is 3.22. The summed E-state index contributed by atoms with van der Waals surface area (Å²) in [6.45, 7) is 10.6. The third kappa shape index (κ3) is 5.99. The minimum Gasteiger partial charge on any atom is -0.497 e. The van der Waals surface area contributed by atoms with Gasteiger partial charge in [-0.25, -0.2) is 4.99 Å². The van der Waals surface area contributed by atoms with E-state index in [0.29, 0.717) is 6.54 Å². The lowest BCUT2D eigenvalue weighted by molar-refractivity contribution is 0.218. The Kier molecular flexibility index (Phi) is 8.81. The normalized spacial score (nSPS) is 12.9. The summed E-state index contributed by atoms with van der Waals surface area (Å²) in [7, 11) is 3.64. The highest BCUT2D eigenvalue weighted by molar-refractivity contribution is 5.79. The molecule has 1 atom stereocenters. The number of methoxy groups -OCH3 is 1. The van der Waals surface area contributed by atoms with Gasteiger partial charge in [0.2, 0.25) is 0 Å². The maximum atomic E-state index is 5.42. The third-order valence-corrected chi connectivity index (χ3v) is 4.86. The second-order valence-corrected chi connectivity index (χ2v) is 6.54. The summed E-state index contributed by atoms with van der Waals surface area (Å²) in [4.78, 5) is 7.15. The van der Waals surface area contributed by atoms with Gasteiger partial charge in [-0.2, -0.15) is 5.10 Å². The molecule has 0 aliphatic heterocycles. The Bertz CT molecular complexity index is 738. The molecule has 0 saturated heterocycles. The molecule has 154 valence electrons. The van der Waals surface area contributed by atoms with Crippen molar-refractivity contribution in [3.63, 3.8) is 0 Å². The number of nitrogens with zero attached hydrogens (tertiary/aromatic N) is 4. The van der Waals surface area contributed by atoms with Crippen LogP contribution in [-0.2, 0) is 13.6 Å². The van der Waals surface area contributed by atoms with Gasteiger partial charge in [-0.1, -0.05) is 26.0 Å².